The lowest BCUT2D eigenvalue weighted by atomic mass is 9.90. The molecule has 0 aliphatic heterocycles. The van der Waals surface area contributed by atoms with Crippen molar-refractivity contribution in [3.8, 4) is 0 Å². The lowest BCUT2D eigenvalue weighted by Gasteiger charge is -2.38. The molecule has 5 nitrogen and oxygen atoms in total. The molecule has 1 aliphatic rings. The van der Waals surface area contributed by atoms with Gasteiger partial charge in [-0.15, -0.1) is 0 Å². The van der Waals surface area contributed by atoms with Crippen LogP contribution in [-0.2, 0) is 19.5 Å². The Morgan fingerprint density at radius 2 is 1.60 bits per heavy atom. The van der Waals surface area contributed by atoms with Crippen molar-refractivity contribution in [3.63, 3.8) is 0 Å². The minimum atomic E-state index is -3.33. The van der Waals surface area contributed by atoms with Gasteiger partial charge in [0.05, 0.1) is 31.2 Å². The van der Waals surface area contributed by atoms with Crippen LogP contribution in [0.4, 0.5) is 0 Å². The third kappa shape index (κ3) is 7.94. The van der Waals surface area contributed by atoms with E-state index >= 15 is 0 Å². The van der Waals surface area contributed by atoms with Gasteiger partial charge in [0.15, 0.2) is 0 Å². The number of nitrogens with zero attached hydrogens (tertiary/aromatic N) is 1. The Bertz CT molecular complexity index is 498. The van der Waals surface area contributed by atoms with Crippen LogP contribution in [0.1, 0.15) is 74.1 Å². The van der Waals surface area contributed by atoms with Gasteiger partial charge < -0.3 is 9.47 Å². The largest absolute Gasteiger partial charge is 0.375 e. The number of ether oxygens (including phenoxy) is 2. The molecule has 6 heteroatoms. The maximum atomic E-state index is 12.3. The smallest absolute Gasteiger partial charge is 0.211 e. The third-order valence-corrected chi connectivity index (χ3v) is 6.45. The Labute approximate surface area is 155 Å². The quantitative estimate of drug-likeness (QED) is 0.645. The summed E-state index contributed by atoms with van der Waals surface area (Å²) in [5.74, 6) is 0. The van der Waals surface area contributed by atoms with Crippen molar-refractivity contribution in [3.05, 3.63) is 0 Å². The highest BCUT2D eigenvalue weighted by molar-refractivity contribution is 7.88. The zero-order valence-corrected chi connectivity index (χ0v) is 18.3. The van der Waals surface area contributed by atoms with Gasteiger partial charge in [-0.3, -0.25) is 0 Å². The van der Waals surface area contributed by atoms with Crippen LogP contribution < -0.4 is 0 Å². The highest BCUT2D eigenvalue weighted by Gasteiger charge is 2.34. The van der Waals surface area contributed by atoms with E-state index in [0.29, 0.717) is 13.2 Å². The first-order valence-electron chi connectivity index (χ1n) is 9.46. The molecule has 0 amide bonds. The van der Waals surface area contributed by atoms with Crippen LogP contribution in [0.25, 0.3) is 0 Å². The summed E-state index contributed by atoms with van der Waals surface area (Å²) in [6.45, 7) is 14.9. The van der Waals surface area contributed by atoms with E-state index < -0.39 is 15.6 Å². The SMILES string of the molecule is C[C@H](O[C@H](COC1CCCC1)CN(C(C)(C)C)S(C)(=O)=O)C(C)(C)C. The molecule has 25 heavy (non-hydrogen) atoms. The second-order valence-electron chi connectivity index (χ2n) is 9.47. The molecule has 150 valence electrons. The van der Waals surface area contributed by atoms with Crippen LogP contribution in [0.15, 0.2) is 0 Å². The molecule has 0 aromatic carbocycles. The number of sulfonamides is 1. The summed E-state index contributed by atoms with van der Waals surface area (Å²) < 4.78 is 38.4. The fourth-order valence-electron chi connectivity index (χ4n) is 3.02. The van der Waals surface area contributed by atoms with E-state index in [0.717, 1.165) is 12.8 Å². The first-order chi connectivity index (χ1) is 11.2. The van der Waals surface area contributed by atoms with E-state index in [1.165, 1.54) is 23.4 Å². The molecule has 0 unspecified atom stereocenters. The Hall–Kier alpha value is -0.170. The van der Waals surface area contributed by atoms with Gasteiger partial charge in [-0.25, -0.2) is 8.42 Å². The first kappa shape index (κ1) is 22.9. The van der Waals surface area contributed by atoms with E-state index in [1.807, 2.05) is 27.7 Å². The van der Waals surface area contributed by atoms with E-state index in [4.69, 9.17) is 9.47 Å². The van der Waals surface area contributed by atoms with Gasteiger partial charge in [0.1, 0.15) is 0 Å². The molecule has 0 aromatic rings. The van der Waals surface area contributed by atoms with Gasteiger partial charge in [-0.2, -0.15) is 4.31 Å². The molecular weight excluding hydrogens is 338 g/mol. The molecule has 0 bridgehead atoms. The second-order valence-corrected chi connectivity index (χ2v) is 11.4. The van der Waals surface area contributed by atoms with Gasteiger partial charge in [-0.05, 0) is 46.0 Å². The van der Waals surface area contributed by atoms with Crippen molar-refractivity contribution in [2.24, 2.45) is 5.41 Å². The number of rotatable bonds is 8. The molecule has 1 fully saturated rings. The van der Waals surface area contributed by atoms with Crippen LogP contribution in [-0.4, -0.2) is 56.0 Å². The summed E-state index contributed by atoms with van der Waals surface area (Å²) >= 11 is 0. The van der Waals surface area contributed by atoms with Gasteiger partial charge in [0.25, 0.3) is 0 Å². The zero-order valence-electron chi connectivity index (χ0n) is 17.5. The molecule has 2 atom stereocenters. The minimum absolute atomic E-state index is 0.00561. The van der Waals surface area contributed by atoms with Crippen LogP contribution in [0, 0.1) is 5.41 Å². The molecule has 1 saturated carbocycles. The number of hydrogen-bond acceptors (Lipinski definition) is 4. The average Bonchev–Trinajstić information content (AvgIpc) is 2.90. The summed E-state index contributed by atoms with van der Waals surface area (Å²) in [7, 11) is -3.33. The summed E-state index contributed by atoms with van der Waals surface area (Å²) in [4.78, 5) is 0. The van der Waals surface area contributed by atoms with Gasteiger partial charge >= 0.3 is 0 Å². The van der Waals surface area contributed by atoms with E-state index in [1.54, 1.807) is 0 Å². The predicted molar refractivity (Wildman–Crippen MR) is 103 cm³/mol. The van der Waals surface area contributed by atoms with E-state index in [-0.39, 0.29) is 23.7 Å². The summed E-state index contributed by atoms with van der Waals surface area (Å²) in [5, 5.41) is 0. The number of hydrogen-bond donors (Lipinski definition) is 0. The van der Waals surface area contributed by atoms with Crippen LogP contribution in [0.2, 0.25) is 0 Å². The minimum Gasteiger partial charge on any atom is -0.375 e. The van der Waals surface area contributed by atoms with Crippen molar-refractivity contribution in [2.45, 2.75) is 98.0 Å². The molecule has 1 aliphatic carbocycles. The summed E-state index contributed by atoms with van der Waals surface area (Å²) in [6.07, 6.45) is 5.90. The highest BCUT2D eigenvalue weighted by Crippen LogP contribution is 2.26. The van der Waals surface area contributed by atoms with E-state index in [9.17, 15) is 8.42 Å². The summed E-state index contributed by atoms with van der Waals surface area (Å²) in [6, 6.07) is 0. The molecule has 0 saturated heterocycles. The zero-order chi connectivity index (χ0) is 19.5. The lowest BCUT2D eigenvalue weighted by Crippen LogP contribution is -2.51. The summed E-state index contributed by atoms with van der Waals surface area (Å²) in [5.41, 5.74) is -0.503. The highest BCUT2D eigenvalue weighted by atomic mass is 32.2. The normalized spacial score (nSPS) is 20.2. The molecule has 0 aromatic heterocycles. The lowest BCUT2D eigenvalue weighted by molar-refractivity contribution is -0.105. The Kier molecular flexibility index (Phi) is 7.94. The fraction of sp³-hybridized carbons (Fsp3) is 1.00. The van der Waals surface area contributed by atoms with Crippen molar-refractivity contribution in [2.75, 3.05) is 19.4 Å². The predicted octanol–water partition coefficient (Wildman–Crippen LogP) is 3.83. The van der Waals surface area contributed by atoms with Crippen molar-refractivity contribution in [1.29, 1.82) is 0 Å². The van der Waals surface area contributed by atoms with E-state index in [2.05, 4.69) is 20.8 Å². The Morgan fingerprint density at radius 1 is 1.08 bits per heavy atom. The molecule has 0 spiro atoms. The monoisotopic (exact) mass is 377 g/mol. The van der Waals surface area contributed by atoms with Crippen LogP contribution in [0.3, 0.4) is 0 Å². The Balaban J connectivity index is 2.86. The van der Waals surface area contributed by atoms with Crippen LogP contribution in [0.5, 0.6) is 0 Å². The molecule has 0 heterocycles. The molecule has 0 N–H and O–H groups in total. The van der Waals surface area contributed by atoms with Gasteiger partial charge in [-0.1, -0.05) is 33.6 Å². The van der Waals surface area contributed by atoms with Gasteiger partial charge in [0.2, 0.25) is 10.0 Å². The van der Waals surface area contributed by atoms with Crippen molar-refractivity contribution < 1.29 is 17.9 Å². The first-order valence-corrected chi connectivity index (χ1v) is 11.3. The third-order valence-electron chi connectivity index (χ3n) is 4.95. The Morgan fingerprint density at radius 3 is 2.00 bits per heavy atom. The van der Waals surface area contributed by atoms with Crippen molar-refractivity contribution >= 4 is 10.0 Å². The molecular formula is C19H39NO4S. The topological polar surface area (TPSA) is 55.8 Å². The maximum absolute atomic E-state index is 12.3. The molecule has 1 rings (SSSR count). The van der Waals surface area contributed by atoms with Crippen molar-refractivity contribution in [1.82, 2.24) is 4.31 Å². The second kappa shape index (κ2) is 8.68. The van der Waals surface area contributed by atoms with Gasteiger partial charge in [0, 0.05) is 12.1 Å². The maximum Gasteiger partial charge on any atom is 0.211 e. The molecule has 0 radical (unpaired) electrons. The standard InChI is InChI=1S/C19H39NO4S/c1-15(18(2,3)4)24-17(14-23-16-11-9-10-12-16)13-20(19(5,6)7)25(8,21)22/h15-17H,9-14H2,1-8H3/t15-,17-/m0/s1. The fourth-order valence-corrected chi connectivity index (χ4v) is 4.45. The van der Waals surface area contributed by atoms with Crippen LogP contribution >= 0.6 is 0 Å². The average molecular weight is 378 g/mol.